The molecule has 1 atom stereocenters. The second kappa shape index (κ2) is 12.8. The predicted octanol–water partition coefficient (Wildman–Crippen LogP) is 4.91. The maximum Gasteiger partial charge on any atom is 0.239 e. The highest BCUT2D eigenvalue weighted by Gasteiger charge is 2.34. The van der Waals surface area contributed by atoms with Gasteiger partial charge in [-0.2, -0.15) is 0 Å². The highest BCUT2D eigenvalue weighted by molar-refractivity contribution is 6.30. The number of carbonyl (C=O) groups excluding carboxylic acids is 2. The van der Waals surface area contributed by atoms with Crippen molar-refractivity contribution in [2.45, 2.75) is 52.0 Å². The molecule has 2 aliphatic rings. The first-order chi connectivity index (χ1) is 17.8. The zero-order valence-corrected chi connectivity index (χ0v) is 23.0. The van der Waals surface area contributed by atoms with E-state index in [1.165, 1.54) is 12.8 Å². The van der Waals surface area contributed by atoms with Crippen molar-refractivity contribution in [3.8, 4) is 0 Å². The molecule has 2 fully saturated rings. The minimum absolute atomic E-state index is 0.183. The van der Waals surface area contributed by atoms with Gasteiger partial charge in [-0.3, -0.25) is 14.5 Å². The molecule has 7 heteroatoms. The van der Waals surface area contributed by atoms with Crippen molar-refractivity contribution < 1.29 is 9.59 Å². The molecule has 200 valence electrons. The number of nitrogens with zero attached hydrogens (tertiary/aromatic N) is 3. The van der Waals surface area contributed by atoms with Crippen LogP contribution in [0.3, 0.4) is 0 Å². The number of aryl methyl sites for hydroxylation is 1. The monoisotopic (exact) mass is 524 g/mol. The lowest BCUT2D eigenvalue weighted by Gasteiger charge is -2.39. The van der Waals surface area contributed by atoms with Gasteiger partial charge in [0.05, 0.1) is 0 Å². The van der Waals surface area contributed by atoms with E-state index in [4.69, 9.17) is 17.3 Å². The lowest BCUT2D eigenvalue weighted by molar-refractivity contribution is -0.131. The Bertz CT molecular complexity index is 1050. The summed E-state index contributed by atoms with van der Waals surface area (Å²) in [6.45, 7) is 9.06. The molecule has 1 aliphatic heterocycles. The Balaban J connectivity index is 1.42. The number of anilines is 1. The van der Waals surface area contributed by atoms with Gasteiger partial charge >= 0.3 is 0 Å². The topological polar surface area (TPSA) is 69.9 Å². The van der Waals surface area contributed by atoms with Crippen LogP contribution < -0.4 is 10.6 Å². The second-order valence-corrected chi connectivity index (χ2v) is 11.4. The van der Waals surface area contributed by atoms with Crippen molar-refractivity contribution in [1.82, 2.24) is 9.80 Å². The molecule has 1 unspecified atom stereocenters. The Morgan fingerprint density at radius 1 is 1.03 bits per heavy atom. The van der Waals surface area contributed by atoms with E-state index in [1.54, 1.807) is 0 Å². The average Bonchev–Trinajstić information content (AvgIpc) is 3.71. The number of carbonyl (C=O) groups is 2. The van der Waals surface area contributed by atoms with Crippen LogP contribution in [0.5, 0.6) is 0 Å². The molecular formula is C30H41ClN4O2. The van der Waals surface area contributed by atoms with Crippen LogP contribution in [0.25, 0.3) is 0 Å². The lowest BCUT2D eigenvalue weighted by Crippen LogP contribution is -2.49. The van der Waals surface area contributed by atoms with Crippen LogP contribution in [-0.2, 0) is 16.0 Å². The zero-order valence-electron chi connectivity index (χ0n) is 22.2. The normalized spacial score (nSPS) is 16.9. The van der Waals surface area contributed by atoms with Gasteiger partial charge in [0.2, 0.25) is 11.8 Å². The summed E-state index contributed by atoms with van der Waals surface area (Å²) in [6.07, 6.45) is 4.72. The number of para-hydroxylation sites is 1. The molecule has 37 heavy (non-hydrogen) atoms. The van der Waals surface area contributed by atoms with E-state index in [0.29, 0.717) is 42.8 Å². The molecule has 4 rings (SSSR count). The van der Waals surface area contributed by atoms with Gasteiger partial charge < -0.3 is 15.5 Å². The fourth-order valence-corrected chi connectivity index (χ4v) is 5.30. The standard InChI is InChI=1S/C30H41ClN4O2/c1-22(2)15-16-35(21-24-7-8-24)29(30(32)37)26-5-3-4-6-27(26)33-17-19-34(20-18-33)28(36)14-11-23-9-12-25(31)13-10-23/h3-6,9-10,12-13,22,24,29H,7-8,11,14-21H2,1-2H3,(H2,32,37). The molecule has 2 aromatic carbocycles. The van der Waals surface area contributed by atoms with Gasteiger partial charge in [-0.15, -0.1) is 0 Å². The first kappa shape index (κ1) is 27.5. The first-order valence-corrected chi connectivity index (χ1v) is 14.1. The largest absolute Gasteiger partial charge is 0.368 e. The maximum atomic E-state index is 12.9. The number of hydrogen-bond donors (Lipinski definition) is 1. The molecule has 2 amide bonds. The number of rotatable bonds is 12. The Morgan fingerprint density at radius 2 is 1.70 bits per heavy atom. The van der Waals surface area contributed by atoms with Gasteiger partial charge in [0.1, 0.15) is 6.04 Å². The van der Waals surface area contributed by atoms with E-state index < -0.39 is 6.04 Å². The number of primary amides is 1. The number of benzene rings is 2. The number of nitrogens with two attached hydrogens (primary N) is 1. The molecule has 0 bridgehead atoms. The summed E-state index contributed by atoms with van der Waals surface area (Å²) in [5.74, 6) is 1.13. The van der Waals surface area contributed by atoms with Crippen molar-refractivity contribution in [2.24, 2.45) is 17.6 Å². The van der Waals surface area contributed by atoms with Gasteiger partial charge in [-0.1, -0.05) is 55.8 Å². The molecule has 2 aromatic rings. The predicted molar refractivity (Wildman–Crippen MR) is 151 cm³/mol. The lowest BCUT2D eigenvalue weighted by atomic mass is 9.99. The third kappa shape index (κ3) is 7.71. The minimum atomic E-state index is -0.436. The maximum absolute atomic E-state index is 12.9. The number of halogens is 1. The molecule has 0 aromatic heterocycles. The van der Waals surface area contributed by atoms with Gasteiger partial charge in [0.25, 0.3) is 0 Å². The highest BCUT2D eigenvalue weighted by atomic mass is 35.5. The van der Waals surface area contributed by atoms with E-state index >= 15 is 0 Å². The van der Waals surface area contributed by atoms with Crippen molar-refractivity contribution in [3.05, 3.63) is 64.7 Å². The number of amides is 2. The quantitative estimate of drug-likeness (QED) is 0.428. The van der Waals surface area contributed by atoms with Gasteiger partial charge in [0.15, 0.2) is 0 Å². The summed E-state index contributed by atoms with van der Waals surface area (Å²) in [6, 6.07) is 15.4. The van der Waals surface area contributed by atoms with Crippen molar-refractivity contribution in [2.75, 3.05) is 44.2 Å². The SMILES string of the molecule is CC(C)CCN(CC1CC1)C(C(N)=O)c1ccccc1N1CCN(C(=O)CCc2ccc(Cl)cc2)CC1. The zero-order chi connectivity index (χ0) is 26.4. The fraction of sp³-hybridized carbons (Fsp3) is 0.533. The fourth-order valence-electron chi connectivity index (χ4n) is 5.18. The molecule has 6 nitrogen and oxygen atoms in total. The molecule has 2 N–H and O–H groups in total. The minimum Gasteiger partial charge on any atom is -0.368 e. The van der Waals surface area contributed by atoms with Crippen molar-refractivity contribution in [3.63, 3.8) is 0 Å². The van der Waals surface area contributed by atoms with Crippen LogP contribution in [-0.4, -0.2) is 60.9 Å². The van der Waals surface area contributed by atoms with Crippen LogP contribution in [0.1, 0.15) is 56.7 Å². The number of piperazine rings is 1. The van der Waals surface area contributed by atoms with Gasteiger partial charge in [-0.05, 0) is 67.8 Å². The van der Waals surface area contributed by atoms with E-state index in [9.17, 15) is 9.59 Å². The van der Waals surface area contributed by atoms with E-state index in [-0.39, 0.29) is 11.8 Å². The van der Waals surface area contributed by atoms with Gasteiger partial charge in [-0.25, -0.2) is 0 Å². The second-order valence-electron chi connectivity index (χ2n) is 11.0. The van der Waals surface area contributed by atoms with Crippen LogP contribution in [0.15, 0.2) is 48.5 Å². The van der Waals surface area contributed by atoms with Gasteiger partial charge in [0, 0.05) is 55.4 Å². The van der Waals surface area contributed by atoms with Crippen LogP contribution in [0, 0.1) is 11.8 Å². The Morgan fingerprint density at radius 3 is 2.32 bits per heavy atom. The number of hydrogen-bond acceptors (Lipinski definition) is 4. The Labute approximate surface area is 226 Å². The molecule has 0 spiro atoms. The molecule has 0 radical (unpaired) electrons. The summed E-state index contributed by atoms with van der Waals surface area (Å²) >= 11 is 5.97. The van der Waals surface area contributed by atoms with E-state index in [0.717, 1.165) is 49.4 Å². The summed E-state index contributed by atoms with van der Waals surface area (Å²) < 4.78 is 0. The molecule has 1 heterocycles. The molecule has 1 saturated heterocycles. The first-order valence-electron chi connectivity index (χ1n) is 13.7. The Hall–Kier alpha value is -2.57. The summed E-state index contributed by atoms with van der Waals surface area (Å²) in [5, 5.41) is 0.709. The van der Waals surface area contributed by atoms with Crippen LogP contribution >= 0.6 is 11.6 Å². The molecular weight excluding hydrogens is 484 g/mol. The van der Waals surface area contributed by atoms with Crippen LogP contribution in [0.4, 0.5) is 5.69 Å². The summed E-state index contributed by atoms with van der Waals surface area (Å²) in [4.78, 5) is 32.3. The Kier molecular flexibility index (Phi) is 9.49. The van der Waals surface area contributed by atoms with E-state index in [1.807, 2.05) is 41.3 Å². The van der Waals surface area contributed by atoms with Crippen molar-refractivity contribution >= 4 is 29.1 Å². The highest BCUT2D eigenvalue weighted by Crippen LogP contribution is 2.36. The molecule has 1 saturated carbocycles. The smallest absolute Gasteiger partial charge is 0.239 e. The third-order valence-electron chi connectivity index (χ3n) is 7.56. The molecule has 1 aliphatic carbocycles. The van der Waals surface area contributed by atoms with Crippen molar-refractivity contribution in [1.29, 1.82) is 0 Å². The average molecular weight is 525 g/mol. The third-order valence-corrected chi connectivity index (χ3v) is 7.82. The summed E-state index contributed by atoms with van der Waals surface area (Å²) in [5.41, 5.74) is 9.23. The summed E-state index contributed by atoms with van der Waals surface area (Å²) in [7, 11) is 0. The van der Waals surface area contributed by atoms with E-state index in [2.05, 4.69) is 35.8 Å². The van der Waals surface area contributed by atoms with Crippen LogP contribution in [0.2, 0.25) is 5.02 Å².